The van der Waals surface area contributed by atoms with Gasteiger partial charge in [-0.15, -0.1) is 0 Å². The Hall–Kier alpha value is -2.72. The van der Waals surface area contributed by atoms with Crippen molar-refractivity contribution >= 4 is 50.1 Å². The van der Waals surface area contributed by atoms with Crippen LogP contribution in [0.2, 0.25) is 5.02 Å². The Morgan fingerprint density at radius 2 is 1.91 bits per heavy atom. The molecule has 0 fully saturated rings. The van der Waals surface area contributed by atoms with Crippen LogP contribution in [0, 0.1) is 0 Å². The van der Waals surface area contributed by atoms with E-state index < -0.39 is 0 Å². The number of benzene rings is 1. The summed E-state index contributed by atoms with van der Waals surface area (Å²) in [6.45, 7) is 0. The first-order valence-corrected chi connectivity index (χ1v) is 7.29. The molecule has 0 saturated heterocycles. The topological polar surface area (TPSA) is 43.1 Å². The minimum Gasteiger partial charge on any atom is -0.290 e. The summed E-state index contributed by atoms with van der Waals surface area (Å²) in [5.41, 5.74) is 4.69. The van der Waals surface area contributed by atoms with Crippen LogP contribution in [0.5, 0.6) is 0 Å². The first kappa shape index (κ1) is 11.9. The van der Waals surface area contributed by atoms with Crippen LogP contribution in [0.25, 0.3) is 38.5 Å². The van der Waals surface area contributed by atoms with Gasteiger partial charge in [0.15, 0.2) is 0 Å². The van der Waals surface area contributed by atoms with Crippen molar-refractivity contribution in [1.82, 2.24) is 19.4 Å². The van der Waals surface area contributed by atoms with Gasteiger partial charge in [0.1, 0.15) is 5.65 Å². The van der Waals surface area contributed by atoms with E-state index in [1.807, 2.05) is 42.6 Å². The van der Waals surface area contributed by atoms with Gasteiger partial charge in [-0.3, -0.25) is 14.4 Å². The summed E-state index contributed by atoms with van der Waals surface area (Å²) in [4.78, 5) is 13.6. The molecule has 5 aromatic rings. The second kappa shape index (κ2) is 4.15. The maximum atomic E-state index is 6.11. The van der Waals surface area contributed by atoms with Gasteiger partial charge in [0, 0.05) is 28.2 Å². The first-order chi connectivity index (χ1) is 10.8. The summed E-state index contributed by atoms with van der Waals surface area (Å²) in [5, 5.41) is 2.77. The third-order valence-corrected chi connectivity index (χ3v) is 4.20. The summed E-state index contributed by atoms with van der Waals surface area (Å²) in [7, 11) is 0. The van der Waals surface area contributed by atoms with Gasteiger partial charge in [0.25, 0.3) is 0 Å². The molecule has 0 bridgehead atoms. The number of hydrogen-bond acceptors (Lipinski definition) is 3. The summed E-state index contributed by atoms with van der Waals surface area (Å²) < 4.78 is 2.12. The average Bonchev–Trinajstić information content (AvgIpc) is 2.94. The van der Waals surface area contributed by atoms with Crippen LogP contribution in [-0.4, -0.2) is 19.4 Å². The van der Waals surface area contributed by atoms with Gasteiger partial charge in [-0.2, -0.15) is 0 Å². The molecule has 0 saturated carbocycles. The van der Waals surface area contributed by atoms with Gasteiger partial charge in [0.05, 0.1) is 28.3 Å². The quantitative estimate of drug-likeness (QED) is 0.402. The Morgan fingerprint density at radius 3 is 2.86 bits per heavy atom. The molecule has 5 rings (SSSR count). The van der Waals surface area contributed by atoms with E-state index in [-0.39, 0.29) is 0 Å². The second-order valence-corrected chi connectivity index (χ2v) is 5.63. The van der Waals surface area contributed by atoms with E-state index in [2.05, 4.69) is 14.4 Å². The number of pyridine rings is 3. The van der Waals surface area contributed by atoms with Gasteiger partial charge in [-0.05, 0) is 36.4 Å². The highest BCUT2D eigenvalue weighted by molar-refractivity contribution is 6.31. The van der Waals surface area contributed by atoms with E-state index in [0.29, 0.717) is 5.02 Å². The highest BCUT2D eigenvalue weighted by Gasteiger charge is 2.14. The average molecular weight is 305 g/mol. The van der Waals surface area contributed by atoms with Crippen molar-refractivity contribution in [2.75, 3.05) is 0 Å². The zero-order chi connectivity index (χ0) is 14.7. The van der Waals surface area contributed by atoms with Gasteiger partial charge in [0.2, 0.25) is 0 Å². The smallest absolute Gasteiger partial charge is 0.148 e. The lowest BCUT2D eigenvalue weighted by atomic mass is 10.1. The molecule has 5 heteroatoms. The van der Waals surface area contributed by atoms with Crippen LogP contribution >= 0.6 is 11.6 Å². The molecule has 0 N–H and O–H groups in total. The molecule has 4 heterocycles. The third kappa shape index (κ3) is 1.45. The largest absolute Gasteiger partial charge is 0.290 e. The zero-order valence-corrected chi connectivity index (χ0v) is 12.1. The lowest BCUT2D eigenvalue weighted by Crippen LogP contribution is -1.93. The van der Waals surface area contributed by atoms with E-state index in [1.54, 1.807) is 12.4 Å². The molecule has 0 aliphatic rings. The molecule has 0 unspecified atom stereocenters. The monoisotopic (exact) mass is 304 g/mol. The standard InChI is InChI=1S/C17H9ClN4/c18-10-3-4-14-13(8-10)21-17-12-2-1-6-20-16(12)11-5-7-19-9-15(11)22(14)17/h1-9H. The number of imidazole rings is 1. The highest BCUT2D eigenvalue weighted by Crippen LogP contribution is 2.31. The Labute approximate surface area is 130 Å². The van der Waals surface area contributed by atoms with Crippen LogP contribution in [0.3, 0.4) is 0 Å². The molecule has 0 aliphatic heterocycles. The third-order valence-electron chi connectivity index (χ3n) is 3.96. The molecule has 104 valence electrons. The molecule has 0 radical (unpaired) electrons. The molecular formula is C17H9ClN4. The molecular weight excluding hydrogens is 296 g/mol. The van der Waals surface area contributed by atoms with Crippen LogP contribution < -0.4 is 0 Å². The molecule has 0 atom stereocenters. The number of fused-ring (bicyclic) bond motifs is 8. The fraction of sp³-hybridized carbons (Fsp3) is 0. The van der Waals surface area contributed by atoms with Crippen LogP contribution in [0.1, 0.15) is 0 Å². The van der Waals surface area contributed by atoms with Crippen molar-refractivity contribution in [3.63, 3.8) is 0 Å². The SMILES string of the molecule is Clc1ccc2c(c1)nc1c3cccnc3c3ccncc3n21. The minimum atomic E-state index is 0.681. The summed E-state index contributed by atoms with van der Waals surface area (Å²) in [6.07, 6.45) is 5.45. The predicted octanol–water partition coefficient (Wildman–Crippen LogP) is 4.24. The Bertz CT molecular complexity index is 1190. The van der Waals surface area contributed by atoms with E-state index in [1.165, 1.54) is 0 Å². The van der Waals surface area contributed by atoms with Crippen LogP contribution in [0.15, 0.2) is 55.0 Å². The normalized spacial score (nSPS) is 11.9. The molecule has 0 spiro atoms. The molecule has 4 aromatic heterocycles. The Kier molecular flexibility index (Phi) is 2.24. The number of halogens is 1. The maximum Gasteiger partial charge on any atom is 0.148 e. The number of aromatic nitrogens is 4. The van der Waals surface area contributed by atoms with Gasteiger partial charge in [-0.1, -0.05) is 11.6 Å². The van der Waals surface area contributed by atoms with Gasteiger partial charge >= 0.3 is 0 Å². The molecule has 22 heavy (non-hydrogen) atoms. The van der Waals surface area contributed by atoms with Crippen LogP contribution in [0.4, 0.5) is 0 Å². The first-order valence-electron chi connectivity index (χ1n) is 6.91. The summed E-state index contributed by atoms with van der Waals surface area (Å²) >= 11 is 6.11. The molecule has 0 amide bonds. The lowest BCUT2D eigenvalue weighted by molar-refractivity contribution is 1.26. The highest BCUT2D eigenvalue weighted by atomic mass is 35.5. The lowest BCUT2D eigenvalue weighted by Gasteiger charge is -2.07. The van der Waals surface area contributed by atoms with Gasteiger partial charge < -0.3 is 0 Å². The molecule has 0 aliphatic carbocycles. The van der Waals surface area contributed by atoms with Crippen molar-refractivity contribution in [1.29, 1.82) is 0 Å². The number of nitrogens with zero attached hydrogens (tertiary/aromatic N) is 4. The van der Waals surface area contributed by atoms with E-state index in [9.17, 15) is 0 Å². The zero-order valence-electron chi connectivity index (χ0n) is 11.4. The molecule has 1 aromatic carbocycles. The molecule has 4 nitrogen and oxygen atoms in total. The summed E-state index contributed by atoms with van der Waals surface area (Å²) in [5.74, 6) is 0. The predicted molar refractivity (Wildman–Crippen MR) is 88.3 cm³/mol. The van der Waals surface area contributed by atoms with Crippen LogP contribution in [-0.2, 0) is 0 Å². The van der Waals surface area contributed by atoms with Gasteiger partial charge in [-0.25, -0.2) is 4.98 Å². The number of hydrogen-bond donors (Lipinski definition) is 0. The van der Waals surface area contributed by atoms with E-state index >= 15 is 0 Å². The van der Waals surface area contributed by atoms with Crippen molar-refractivity contribution in [3.05, 3.63) is 60.0 Å². The second-order valence-electron chi connectivity index (χ2n) is 5.20. The Morgan fingerprint density at radius 1 is 0.955 bits per heavy atom. The summed E-state index contributed by atoms with van der Waals surface area (Å²) in [6, 6.07) is 11.7. The minimum absolute atomic E-state index is 0.681. The van der Waals surface area contributed by atoms with Crippen molar-refractivity contribution < 1.29 is 0 Å². The Balaban J connectivity index is 2.21. The van der Waals surface area contributed by atoms with E-state index in [0.717, 1.165) is 38.5 Å². The number of rotatable bonds is 0. The van der Waals surface area contributed by atoms with E-state index in [4.69, 9.17) is 16.6 Å². The maximum absolute atomic E-state index is 6.11. The fourth-order valence-corrected chi connectivity index (χ4v) is 3.21. The van der Waals surface area contributed by atoms with Crippen molar-refractivity contribution in [3.8, 4) is 0 Å². The van der Waals surface area contributed by atoms with Crippen molar-refractivity contribution in [2.45, 2.75) is 0 Å². The fourth-order valence-electron chi connectivity index (χ4n) is 3.04. The van der Waals surface area contributed by atoms with Crippen molar-refractivity contribution in [2.24, 2.45) is 0 Å².